The van der Waals surface area contributed by atoms with Crippen LogP contribution in [-0.4, -0.2) is 25.2 Å². The fourth-order valence-corrected chi connectivity index (χ4v) is 5.59. The van der Waals surface area contributed by atoms with Crippen molar-refractivity contribution in [3.8, 4) is 0 Å². The highest BCUT2D eigenvalue weighted by atomic mass is 16.5. The van der Waals surface area contributed by atoms with Crippen LogP contribution < -0.4 is 0 Å². The largest absolute Gasteiger partial charge is 0.465 e. The first-order valence-corrected chi connectivity index (χ1v) is 13.5. The molecule has 0 bridgehead atoms. The van der Waals surface area contributed by atoms with Crippen molar-refractivity contribution in [3.63, 3.8) is 0 Å². The van der Waals surface area contributed by atoms with E-state index in [1.54, 1.807) is 6.92 Å². The number of hydrogen-bond donors (Lipinski definition) is 0. The van der Waals surface area contributed by atoms with Crippen LogP contribution in [0.4, 0.5) is 0 Å². The molecule has 184 valence electrons. The van der Waals surface area contributed by atoms with Crippen molar-refractivity contribution in [2.75, 3.05) is 13.2 Å². The van der Waals surface area contributed by atoms with E-state index in [2.05, 4.69) is 13.5 Å². The molecule has 2 rings (SSSR count). The fourth-order valence-electron chi connectivity index (χ4n) is 5.59. The standard InChI is InChI=1S/C28H48O4/c1-4-5-8-11-23-12-14-24(15-13-23)25-16-18-26(19-17-25)28(30)32-21-10-7-6-9-20-31-27(29)22(2)3/h23-26H,2,4-21H2,1,3H3. The predicted octanol–water partition coefficient (Wildman–Crippen LogP) is 7.40. The molecule has 4 nitrogen and oxygen atoms in total. The Morgan fingerprint density at radius 1 is 0.750 bits per heavy atom. The number of carbonyl (C=O) groups excluding carboxylic acids is 2. The van der Waals surface area contributed by atoms with Crippen LogP contribution in [0.25, 0.3) is 0 Å². The minimum atomic E-state index is -0.316. The van der Waals surface area contributed by atoms with Gasteiger partial charge in [-0.1, -0.05) is 52.0 Å². The summed E-state index contributed by atoms with van der Waals surface area (Å²) < 4.78 is 10.6. The summed E-state index contributed by atoms with van der Waals surface area (Å²) in [5, 5.41) is 0. The van der Waals surface area contributed by atoms with Gasteiger partial charge in [0.1, 0.15) is 0 Å². The molecule has 0 spiro atoms. The number of esters is 2. The van der Waals surface area contributed by atoms with E-state index in [1.807, 2.05) is 0 Å². The first kappa shape index (κ1) is 26.9. The minimum absolute atomic E-state index is 0.0264. The zero-order valence-corrected chi connectivity index (χ0v) is 20.9. The van der Waals surface area contributed by atoms with Gasteiger partial charge in [-0.25, -0.2) is 4.79 Å². The number of hydrogen-bond acceptors (Lipinski definition) is 4. The van der Waals surface area contributed by atoms with Crippen LogP contribution in [0.3, 0.4) is 0 Å². The van der Waals surface area contributed by atoms with Crippen LogP contribution in [-0.2, 0) is 19.1 Å². The average Bonchev–Trinajstić information content (AvgIpc) is 2.81. The lowest BCUT2D eigenvalue weighted by Crippen LogP contribution is -2.29. The lowest BCUT2D eigenvalue weighted by atomic mass is 9.68. The van der Waals surface area contributed by atoms with E-state index >= 15 is 0 Å². The Balaban J connectivity index is 1.48. The lowest BCUT2D eigenvalue weighted by Gasteiger charge is -2.37. The van der Waals surface area contributed by atoms with Crippen LogP contribution in [0.15, 0.2) is 12.2 Å². The third-order valence-corrected chi connectivity index (χ3v) is 7.74. The number of rotatable bonds is 14. The summed E-state index contributed by atoms with van der Waals surface area (Å²) in [6.07, 6.45) is 19.5. The van der Waals surface area contributed by atoms with E-state index in [9.17, 15) is 9.59 Å². The molecule has 4 heteroatoms. The molecule has 0 aromatic heterocycles. The summed E-state index contributed by atoms with van der Waals surface area (Å²) in [6.45, 7) is 8.47. The van der Waals surface area contributed by atoms with Crippen molar-refractivity contribution in [2.24, 2.45) is 23.7 Å². The molecule has 0 amide bonds. The van der Waals surface area contributed by atoms with E-state index in [-0.39, 0.29) is 17.9 Å². The molecule has 0 N–H and O–H groups in total. The first-order valence-electron chi connectivity index (χ1n) is 13.5. The molecule has 0 aromatic carbocycles. The van der Waals surface area contributed by atoms with Crippen molar-refractivity contribution in [1.82, 2.24) is 0 Å². The van der Waals surface area contributed by atoms with Gasteiger partial charge in [0, 0.05) is 5.57 Å². The topological polar surface area (TPSA) is 52.6 Å². The van der Waals surface area contributed by atoms with Crippen LogP contribution in [0.5, 0.6) is 0 Å². The normalized spacial score (nSPS) is 25.8. The SMILES string of the molecule is C=C(C)C(=O)OCCCCCCOC(=O)C1CCC(C2CCC(CCCCC)CC2)CC1. The molecule has 2 aliphatic carbocycles. The van der Waals surface area contributed by atoms with Gasteiger partial charge in [-0.2, -0.15) is 0 Å². The number of ether oxygens (including phenoxy) is 2. The van der Waals surface area contributed by atoms with Gasteiger partial charge in [0.25, 0.3) is 0 Å². The third kappa shape index (κ3) is 10.1. The van der Waals surface area contributed by atoms with Crippen LogP contribution in [0.2, 0.25) is 0 Å². The Labute approximate surface area is 196 Å². The van der Waals surface area contributed by atoms with Gasteiger partial charge in [0.05, 0.1) is 19.1 Å². The molecule has 2 aliphatic rings. The van der Waals surface area contributed by atoms with Gasteiger partial charge < -0.3 is 9.47 Å². The van der Waals surface area contributed by atoms with Crippen LogP contribution >= 0.6 is 0 Å². The van der Waals surface area contributed by atoms with Crippen molar-refractivity contribution in [2.45, 2.75) is 117 Å². The summed E-state index contributed by atoms with van der Waals surface area (Å²) >= 11 is 0. The van der Waals surface area contributed by atoms with Crippen molar-refractivity contribution < 1.29 is 19.1 Å². The Morgan fingerprint density at radius 3 is 1.88 bits per heavy atom. The lowest BCUT2D eigenvalue weighted by molar-refractivity contribution is -0.150. The van der Waals surface area contributed by atoms with Gasteiger partial charge in [-0.3, -0.25) is 4.79 Å². The molecule has 2 saturated carbocycles. The van der Waals surface area contributed by atoms with E-state index in [4.69, 9.17) is 9.47 Å². The zero-order valence-electron chi connectivity index (χ0n) is 20.9. The van der Waals surface area contributed by atoms with E-state index in [1.165, 1.54) is 64.2 Å². The molecular weight excluding hydrogens is 400 g/mol. The maximum atomic E-state index is 12.4. The van der Waals surface area contributed by atoms with Gasteiger partial charge in [-0.15, -0.1) is 0 Å². The van der Waals surface area contributed by atoms with E-state index in [0.717, 1.165) is 56.3 Å². The molecule has 0 heterocycles. The molecule has 32 heavy (non-hydrogen) atoms. The minimum Gasteiger partial charge on any atom is -0.465 e. The zero-order chi connectivity index (χ0) is 23.2. The molecule has 0 saturated heterocycles. The first-order chi connectivity index (χ1) is 15.5. The molecule has 0 unspecified atom stereocenters. The van der Waals surface area contributed by atoms with Gasteiger partial charge >= 0.3 is 11.9 Å². The summed E-state index contributed by atoms with van der Waals surface area (Å²) in [6, 6.07) is 0. The highest BCUT2D eigenvalue weighted by molar-refractivity contribution is 5.86. The van der Waals surface area contributed by atoms with Crippen LogP contribution in [0, 0.1) is 23.7 Å². The maximum Gasteiger partial charge on any atom is 0.333 e. The van der Waals surface area contributed by atoms with Crippen molar-refractivity contribution in [3.05, 3.63) is 12.2 Å². The summed E-state index contributed by atoms with van der Waals surface area (Å²) in [5.41, 5.74) is 0.441. The smallest absolute Gasteiger partial charge is 0.333 e. The van der Waals surface area contributed by atoms with Gasteiger partial charge in [0.2, 0.25) is 0 Å². The Bertz CT molecular complexity index is 554. The molecular formula is C28H48O4. The second-order valence-electron chi connectivity index (χ2n) is 10.4. The fraction of sp³-hybridized carbons (Fsp3) is 0.857. The molecule has 0 aromatic rings. The summed E-state index contributed by atoms with van der Waals surface area (Å²) in [4.78, 5) is 23.7. The predicted molar refractivity (Wildman–Crippen MR) is 130 cm³/mol. The summed E-state index contributed by atoms with van der Waals surface area (Å²) in [7, 11) is 0. The van der Waals surface area contributed by atoms with Crippen LogP contribution in [0.1, 0.15) is 117 Å². The quantitative estimate of drug-likeness (QED) is 0.158. The summed E-state index contributed by atoms with van der Waals surface area (Å²) in [5.74, 6) is 2.56. The Kier molecular flexibility index (Phi) is 13.0. The van der Waals surface area contributed by atoms with E-state index < -0.39 is 0 Å². The number of unbranched alkanes of at least 4 members (excludes halogenated alkanes) is 5. The van der Waals surface area contributed by atoms with E-state index in [0.29, 0.717) is 18.8 Å². The second-order valence-corrected chi connectivity index (χ2v) is 10.4. The van der Waals surface area contributed by atoms with Gasteiger partial charge in [-0.05, 0) is 88.9 Å². The third-order valence-electron chi connectivity index (χ3n) is 7.74. The monoisotopic (exact) mass is 448 g/mol. The van der Waals surface area contributed by atoms with Crippen molar-refractivity contribution in [1.29, 1.82) is 0 Å². The molecule has 0 atom stereocenters. The second kappa shape index (κ2) is 15.5. The molecule has 0 radical (unpaired) electrons. The Hall–Kier alpha value is -1.32. The highest BCUT2D eigenvalue weighted by Gasteiger charge is 2.33. The van der Waals surface area contributed by atoms with Gasteiger partial charge in [0.15, 0.2) is 0 Å². The average molecular weight is 449 g/mol. The molecule has 0 aliphatic heterocycles. The highest BCUT2D eigenvalue weighted by Crippen LogP contribution is 2.42. The Morgan fingerprint density at radius 2 is 1.31 bits per heavy atom. The maximum absolute atomic E-state index is 12.4. The number of carbonyl (C=O) groups is 2. The van der Waals surface area contributed by atoms with Crippen molar-refractivity contribution >= 4 is 11.9 Å². The molecule has 2 fully saturated rings.